The van der Waals surface area contributed by atoms with Crippen molar-refractivity contribution in [3.63, 3.8) is 0 Å². The molecule has 5 rings (SSSR count). The van der Waals surface area contributed by atoms with E-state index in [1.165, 1.54) is 0 Å². The summed E-state index contributed by atoms with van der Waals surface area (Å²) >= 11 is 1.14. The predicted octanol–water partition coefficient (Wildman–Crippen LogP) is 4.60. The highest BCUT2D eigenvalue weighted by Crippen LogP contribution is 2.40. The van der Waals surface area contributed by atoms with E-state index in [-0.39, 0.29) is 47.6 Å². The van der Waals surface area contributed by atoms with Crippen LogP contribution in [0.3, 0.4) is 0 Å². The van der Waals surface area contributed by atoms with Crippen molar-refractivity contribution in [1.82, 2.24) is 9.97 Å². The number of H-pyrrole nitrogens is 1. The molecule has 2 fully saturated rings. The fraction of sp³-hybridized carbons (Fsp3) is 0.444. The van der Waals surface area contributed by atoms with Gasteiger partial charge < -0.3 is 15.0 Å². The lowest BCUT2D eigenvalue weighted by molar-refractivity contribution is -0.155. The first-order chi connectivity index (χ1) is 17.2. The summed E-state index contributed by atoms with van der Waals surface area (Å²) in [6, 6.07) is 5.78. The third-order valence-electron chi connectivity index (χ3n) is 7.42. The van der Waals surface area contributed by atoms with Gasteiger partial charge in [0.05, 0.1) is 16.2 Å². The van der Waals surface area contributed by atoms with Gasteiger partial charge in [0, 0.05) is 17.5 Å². The number of anilines is 1. The summed E-state index contributed by atoms with van der Waals surface area (Å²) in [5, 5.41) is 3.28. The van der Waals surface area contributed by atoms with E-state index >= 15 is 0 Å². The number of aryl methyl sites for hydroxylation is 3. The first kappa shape index (κ1) is 24.4. The van der Waals surface area contributed by atoms with Crippen molar-refractivity contribution >= 4 is 44.9 Å². The van der Waals surface area contributed by atoms with E-state index in [2.05, 4.69) is 15.3 Å². The van der Waals surface area contributed by atoms with Gasteiger partial charge in [-0.2, -0.15) is 0 Å². The number of aromatic nitrogens is 2. The van der Waals surface area contributed by atoms with Crippen LogP contribution in [0.2, 0.25) is 0 Å². The number of hydrogen-bond acceptors (Lipinski definition) is 7. The number of esters is 1. The van der Waals surface area contributed by atoms with E-state index in [9.17, 15) is 19.2 Å². The number of nitrogens with one attached hydrogen (secondary N) is 2. The third kappa shape index (κ3) is 4.59. The van der Waals surface area contributed by atoms with Gasteiger partial charge >= 0.3 is 5.97 Å². The molecule has 2 atom stereocenters. The Labute approximate surface area is 212 Å². The summed E-state index contributed by atoms with van der Waals surface area (Å²) in [6.07, 6.45) is 3.82. The number of thiophene rings is 1. The van der Waals surface area contributed by atoms with Crippen LogP contribution in [0.4, 0.5) is 5.69 Å². The molecular weight excluding hydrogens is 478 g/mol. The lowest BCUT2D eigenvalue weighted by Gasteiger charge is -2.36. The summed E-state index contributed by atoms with van der Waals surface area (Å²) in [5.74, 6) is -0.482. The average Bonchev–Trinajstić information content (AvgIpc) is 3.16. The van der Waals surface area contributed by atoms with Gasteiger partial charge in [-0.1, -0.05) is 24.1 Å². The molecule has 2 saturated carbocycles. The number of hydrogen-bond donors (Lipinski definition) is 2. The summed E-state index contributed by atoms with van der Waals surface area (Å²) < 4.78 is 5.50. The monoisotopic (exact) mass is 507 g/mol. The standard InChI is InChI=1S/C27H29N3O5S/c1-13-7-8-19(14(2)9-13)28-25(33)23-15(3)21-24(32)29-20(30-26(21)36-23)12-35-27(34)18-10-16-5-4-6-17(11-18)22(16)31/h7-9,16-18H,4-6,10-12H2,1-3H3,(H,28,33)(H,29,30,32)/t16-,17-/m0/s1. The maximum absolute atomic E-state index is 13.0. The van der Waals surface area contributed by atoms with E-state index in [0.29, 0.717) is 45.0 Å². The molecule has 1 amide bonds. The van der Waals surface area contributed by atoms with Crippen molar-refractivity contribution in [1.29, 1.82) is 0 Å². The molecule has 2 N–H and O–H groups in total. The van der Waals surface area contributed by atoms with E-state index in [1.807, 2.05) is 32.0 Å². The van der Waals surface area contributed by atoms with Crippen LogP contribution in [-0.2, 0) is 20.9 Å². The van der Waals surface area contributed by atoms with Gasteiger partial charge in [-0.3, -0.25) is 19.2 Å². The number of nitrogens with zero attached hydrogens (tertiary/aromatic N) is 1. The van der Waals surface area contributed by atoms with Crippen molar-refractivity contribution < 1.29 is 19.1 Å². The Balaban J connectivity index is 1.31. The van der Waals surface area contributed by atoms with Crippen LogP contribution in [-0.4, -0.2) is 27.6 Å². The van der Waals surface area contributed by atoms with Gasteiger partial charge in [-0.05, 0) is 63.6 Å². The van der Waals surface area contributed by atoms with Crippen LogP contribution >= 0.6 is 11.3 Å². The second-order valence-corrected chi connectivity index (χ2v) is 11.0. The molecule has 1 aromatic carbocycles. The Morgan fingerprint density at radius 2 is 1.86 bits per heavy atom. The molecule has 3 aromatic rings. The fourth-order valence-electron chi connectivity index (χ4n) is 5.54. The van der Waals surface area contributed by atoms with Gasteiger partial charge in [0.2, 0.25) is 0 Å². The zero-order valence-corrected chi connectivity index (χ0v) is 21.4. The number of carbonyl (C=O) groups is 3. The van der Waals surface area contributed by atoms with Crippen LogP contribution < -0.4 is 10.9 Å². The first-order valence-electron chi connectivity index (χ1n) is 12.3. The normalized spacial score (nSPS) is 21.4. The molecule has 2 aliphatic rings. The zero-order chi connectivity index (χ0) is 25.6. The number of Topliss-reactive ketones (excluding diaryl/α,β-unsaturated/α-hetero) is 1. The SMILES string of the molecule is Cc1ccc(NC(=O)c2sc3nc(COC(=O)C4C[C@@H]5CCC[C@@H](C4)C5=O)[nH]c(=O)c3c2C)c(C)c1. The quantitative estimate of drug-likeness (QED) is 0.487. The molecule has 188 valence electrons. The van der Waals surface area contributed by atoms with Gasteiger partial charge in [-0.25, -0.2) is 4.98 Å². The molecule has 0 radical (unpaired) electrons. The Bertz CT molecular complexity index is 1420. The highest BCUT2D eigenvalue weighted by atomic mass is 32.1. The summed E-state index contributed by atoms with van der Waals surface area (Å²) in [4.78, 5) is 58.8. The largest absolute Gasteiger partial charge is 0.457 e. The number of fused-ring (bicyclic) bond motifs is 3. The lowest BCUT2D eigenvalue weighted by Crippen LogP contribution is -2.39. The Hall–Kier alpha value is -3.33. The summed E-state index contributed by atoms with van der Waals surface area (Å²) in [7, 11) is 0. The second kappa shape index (κ2) is 9.61. The van der Waals surface area contributed by atoms with Crippen LogP contribution in [0.25, 0.3) is 10.2 Å². The number of carbonyl (C=O) groups excluding carboxylic acids is 3. The highest BCUT2D eigenvalue weighted by Gasteiger charge is 2.41. The minimum absolute atomic E-state index is 0.0355. The van der Waals surface area contributed by atoms with Crippen LogP contribution in [0, 0.1) is 38.5 Å². The van der Waals surface area contributed by atoms with Crippen LogP contribution in [0.5, 0.6) is 0 Å². The van der Waals surface area contributed by atoms with Crippen LogP contribution in [0.1, 0.15) is 64.3 Å². The number of aromatic amines is 1. The Kier molecular flexibility index (Phi) is 6.51. The molecule has 2 bridgehead atoms. The predicted molar refractivity (Wildman–Crippen MR) is 137 cm³/mol. The first-order valence-corrected chi connectivity index (χ1v) is 13.1. The van der Waals surface area contributed by atoms with Crippen LogP contribution in [0.15, 0.2) is 23.0 Å². The second-order valence-electron chi connectivity index (χ2n) is 10.0. The Morgan fingerprint density at radius 3 is 2.56 bits per heavy atom. The smallest absolute Gasteiger partial charge is 0.309 e. The molecule has 2 aliphatic carbocycles. The van der Waals surface area contributed by atoms with Gasteiger partial charge in [0.1, 0.15) is 23.0 Å². The molecule has 2 heterocycles. The van der Waals surface area contributed by atoms with E-state index in [1.54, 1.807) is 6.92 Å². The molecule has 9 heteroatoms. The molecule has 0 aliphatic heterocycles. The molecule has 0 saturated heterocycles. The van der Waals surface area contributed by atoms with Crippen molar-refractivity contribution in [2.24, 2.45) is 17.8 Å². The maximum atomic E-state index is 13.0. The Morgan fingerprint density at radius 1 is 1.14 bits per heavy atom. The zero-order valence-electron chi connectivity index (χ0n) is 20.6. The molecule has 0 unspecified atom stereocenters. The number of ketones is 1. The van der Waals surface area contributed by atoms with Gasteiger partial charge in [0.25, 0.3) is 11.5 Å². The highest BCUT2D eigenvalue weighted by molar-refractivity contribution is 7.20. The summed E-state index contributed by atoms with van der Waals surface area (Å²) in [5.41, 5.74) is 2.96. The van der Waals surface area contributed by atoms with E-state index in [4.69, 9.17) is 4.74 Å². The molecule has 8 nitrogen and oxygen atoms in total. The maximum Gasteiger partial charge on any atom is 0.309 e. The number of rotatable bonds is 5. The number of ether oxygens (including phenoxy) is 1. The average molecular weight is 508 g/mol. The van der Waals surface area contributed by atoms with Crippen molar-refractivity contribution in [3.05, 3.63) is 55.9 Å². The molecule has 0 spiro atoms. The lowest BCUT2D eigenvalue weighted by atomic mass is 9.67. The molecule has 2 aromatic heterocycles. The number of benzene rings is 1. The summed E-state index contributed by atoms with van der Waals surface area (Å²) in [6.45, 7) is 5.49. The topological polar surface area (TPSA) is 118 Å². The minimum atomic E-state index is -0.372. The molecule has 36 heavy (non-hydrogen) atoms. The fourth-order valence-corrected chi connectivity index (χ4v) is 6.63. The molecular formula is C27H29N3O5S. The van der Waals surface area contributed by atoms with E-state index in [0.717, 1.165) is 41.7 Å². The van der Waals surface area contributed by atoms with Gasteiger partial charge in [0.15, 0.2) is 0 Å². The van der Waals surface area contributed by atoms with Crippen molar-refractivity contribution in [2.75, 3.05) is 5.32 Å². The van der Waals surface area contributed by atoms with E-state index < -0.39 is 0 Å². The van der Waals surface area contributed by atoms with Crippen molar-refractivity contribution in [2.45, 2.75) is 59.5 Å². The third-order valence-corrected chi connectivity index (χ3v) is 8.60. The minimum Gasteiger partial charge on any atom is -0.457 e. The van der Waals surface area contributed by atoms with Gasteiger partial charge in [-0.15, -0.1) is 11.3 Å². The van der Waals surface area contributed by atoms with Crippen molar-refractivity contribution in [3.8, 4) is 0 Å². The number of amides is 1.